The van der Waals surface area contributed by atoms with Gasteiger partial charge in [0.15, 0.2) is 11.5 Å². The van der Waals surface area contributed by atoms with Crippen LogP contribution in [0.4, 0.5) is 11.5 Å². The number of hydrogen-bond donors (Lipinski definition) is 2. The molecule has 8 nitrogen and oxygen atoms in total. The fourth-order valence-electron chi connectivity index (χ4n) is 6.99. The number of nitrogens with one attached hydrogen (secondary N) is 2. The van der Waals surface area contributed by atoms with Crippen LogP contribution in [-0.2, 0) is 13.1 Å². The van der Waals surface area contributed by atoms with Crippen molar-refractivity contribution in [2.45, 2.75) is 77.2 Å². The summed E-state index contributed by atoms with van der Waals surface area (Å²) in [6, 6.07) is 16.7. The van der Waals surface area contributed by atoms with Crippen LogP contribution < -0.4 is 20.1 Å². The van der Waals surface area contributed by atoms with E-state index in [9.17, 15) is 0 Å². The van der Waals surface area contributed by atoms with Crippen LogP contribution in [-0.4, -0.2) is 91.3 Å². The van der Waals surface area contributed by atoms with E-state index in [4.69, 9.17) is 14.5 Å². The summed E-state index contributed by atoms with van der Waals surface area (Å²) in [6.45, 7) is 12.6. The van der Waals surface area contributed by atoms with Crippen LogP contribution in [0, 0.1) is 0 Å². The van der Waals surface area contributed by atoms with Crippen LogP contribution in [0.1, 0.15) is 57.1 Å². The van der Waals surface area contributed by atoms with Crippen LogP contribution in [0.5, 0.6) is 11.5 Å². The highest BCUT2D eigenvalue weighted by molar-refractivity contribution is 5.95. The van der Waals surface area contributed by atoms with E-state index < -0.39 is 0 Å². The summed E-state index contributed by atoms with van der Waals surface area (Å²) in [5.74, 6) is 2.43. The number of piperidine rings is 1. The molecule has 0 spiro atoms. The molecule has 3 aliphatic rings. The second-order valence-corrected chi connectivity index (χ2v) is 13.0. The van der Waals surface area contributed by atoms with E-state index in [1.807, 2.05) is 0 Å². The third kappa shape index (κ3) is 7.19. The standard InChI is InChI=1S/C35H50N6O2/c1-25(2)41-16-12-28(13-17-41)37-32-21-35(36-22-29-11-7-14-39(29)3)38-31-20-34(33(42-4)19-30(31)32)43-18-8-15-40-23-26-9-5-6-10-27(26)24-40/h5-6,9-10,19-21,25,28-29H,7-8,11-18,22-24H2,1-4H3,(H2,36,37,38). The van der Waals surface area contributed by atoms with Crippen molar-refractivity contribution in [2.24, 2.45) is 0 Å². The highest BCUT2D eigenvalue weighted by Crippen LogP contribution is 2.37. The lowest BCUT2D eigenvalue weighted by atomic mass is 10.0. The number of likely N-dealkylation sites (tertiary alicyclic amines) is 2. The van der Waals surface area contributed by atoms with Gasteiger partial charge in [0.05, 0.1) is 19.2 Å². The van der Waals surface area contributed by atoms with Crippen LogP contribution in [0.2, 0.25) is 0 Å². The summed E-state index contributed by atoms with van der Waals surface area (Å²) in [7, 11) is 3.95. The number of rotatable bonds is 12. The SMILES string of the molecule is COc1cc2c(NC3CCN(C(C)C)CC3)cc(NCC3CCCN3C)nc2cc1OCCCN1Cc2ccccc2C1. The topological polar surface area (TPSA) is 65.1 Å². The van der Waals surface area contributed by atoms with Crippen LogP contribution in [0.15, 0.2) is 42.5 Å². The van der Waals surface area contributed by atoms with Crippen molar-refractivity contribution in [3.8, 4) is 11.5 Å². The maximum absolute atomic E-state index is 6.35. The zero-order chi connectivity index (χ0) is 29.8. The molecule has 0 aliphatic carbocycles. The predicted molar refractivity (Wildman–Crippen MR) is 176 cm³/mol. The second kappa shape index (κ2) is 13.7. The summed E-state index contributed by atoms with van der Waals surface area (Å²) < 4.78 is 12.2. The van der Waals surface area contributed by atoms with Crippen LogP contribution in [0.3, 0.4) is 0 Å². The Hall–Kier alpha value is -3.07. The lowest BCUT2D eigenvalue weighted by Crippen LogP contribution is -2.42. The lowest BCUT2D eigenvalue weighted by Gasteiger charge is -2.35. The summed E-state index contributed by atoms with van der Waals surface area (Å²) in [5.41, 5.74) is 4.94. The van der Waals surface area contributed by atoms with Gasteiger partial charge in [0, 0.05) is 80.6 Å². The first kappa shape index (κ1) is 30.0. The molecule has 0 saturated carbocycles. The van der Waals surface area contributed by atoms with Gasteiger partial charge in [-0.3, -0.25) is 4.90 Å². The molecule has 1 aromatic heterocycles. The Morgan fingerprint density at radius 1 is 0.977 bits per heavy atom. The number of hydrogen-bond acceptors (Lipinski definition) is 8. The minimum absolute atomic E-state index is 0.438. The zero-order valence-corrected chi connectivity index (χ0v) is 26.6. The second-order valence-electron chi connectivity index (χ2n) is 13.0. The van der Waals surface area contributed by atoms with Gasteiger partial charge in [-0.2, -0.15) is 0 Å². The summed E-state index contributed by atoms with van der Waals surface area (Å²) in [5, 5.41) is 8.65. The van der Waals surface area contributed by atoms with Crippen LogP contribution in [0.25, 0.3) is 10.9 Å². The summed E-state index contributed by atoms with van der Waals surface area (Å²) in [4.78, 5) is 12.6. The zero-order valence-electron chi connectivity index (χ0n) is 26.6. The molecule has 0 bridgehead atoms. The Morgan fingerprint density at radius 3 is 2.42 bits per heavy atom. The highest BCUT2D eigenvalue weighted by atomic mass is 16.5. The average molecular weight is 587 g/mol. The van der Waals surface area contributed by atoms with E-state index in [2.05, 4.69) is 88.7 Å². The van der Waals surface area contributed by atoms with Gasteiger partial charge in [-0.15, -0.1) is 0 Å². The van der Waals surface area contributed by atoms with Crippen LogP contribution >= 0.6 is 0 Å². The molecule has 232 valence electrons. The molecular weight excluding hydrogens is 536 g/mol. The molecule has 3 aromatic rings. The molecule has 43 heavy (non-hydrogen) atoms. The molecule has 6 rings (SSSR count). The number of aromatic nitrogens is 1. The minimum atomic E-state index is 0.438. The number of pyridine rings is 1. The van der Waals surface area contributed by atoms with Crippen molar-refractivity contribution in [1.29, 1.82) is 0 Å². The summed E-state index contributed by atoms with van der Waals surface area (Å²) in [6.07, 6.45) is 5.73. The maximum Gasteiger partial charge on any atom is 0.163 e. The lowest BCUT2D eigenvalue weighted by molar-refractivity contribution is 0.177. The number of ether oxygens (including phenoxy) is 2. The Morgan fingerprint density at radius 2 is 1.74 bits per heavy atom. The number of fused-ring (bicyclic) bond motifs is 2. The van der Waals surface area contributed by atoms with Crippen molar-refractivity contribution < 1.29 is 9.47 Å². The van der Waals surface area contributed by atoms with Gasteiger partial charge >= 0.3 is 0 Å². The first-order valence-electron chi connectivity index (χ1n) is 16.4. The van der Waals surface area contributed by atoms with E-state index in [1.54, 1.807) is 7.11 Å². The molecule has 3 aliphatic heterocycles. The first-order chi connectivity index (χ1) is 21.0. The van der Waals surface area contributed by atoms with E-state index in [1.165, 1.54) is 30.5 Å². The minimum Gasteiger partial charge on any atom is -0.493 e. The predicted octanol–water partition coefficient (Wildman–Crippen LogP) is 5.82. The Balaban J connectivity index is 1.17. The molecule has 2 fully saturated rings. The first-order valence-corrected chi connectivity index (χ1v) is 16.4. The summed E-state index contributed by atoms with van der Waals surface area (Å²) >= 11 is 0. The highest BCUT2D eigenvalue weighted by Gasteiger charge is 2.24. The van der Waals surface area contributed by atoms with E-state index in [-0.39, 0.29) is 0 Å². The van der Waals surface area contributed by atoms with Gasteiger partial charge in [0.2, 0.25) is 0 Å². The van der Waals surface area contributed by atoms with Gasteiger partial charge in [-0.25, -0.2) is 4.98 Å². The Bertz CT molecular complexity index is 1350. The van der Waals surface area contributed by atoms with E-state index in [0.29, 0.717) is 24.7 Å². The fourth-order valence-corrected chi connectivity index (χ4v) is 6.99. The van der Waals surface area contributed by atoms with E-state index in [0.717, 1.165) is 92.4 Å². The van der Waals surface area contributed by atoms with Crippen molar-refractivity contribution >= 4 is 22.4 Å². The quantitative estimate of drug-likeness (QED) is 0.258. The molecule has 2 aromatic carbocycles. The van der Waals surface area contributed by atoms with Gasteiger partial charge in [-0.05, 0) is 76.7 Å². The van der Waals surface area contributed by atoms with Gasteiger partial charge in [-0.1, -0.05) is 24.3 Å². The molecule has 2 saturated heterocycles. The van der Waals surface area contributed by atoms with Gasteiger partial charge in [0.25, 0.3) is 0 Å². The fraction of sp³-hybridized carbons (Fsp3) is 0.571. The van der Waals surface area contributed by atoms with Crippen molar-refractivity contribution in [1.82, 2.24) is 19.7 Å². The smallest absolute Gasteiger partial charge is 0.163 e. The van der Waals surface area contributed by atoms with Crippen molar-refractivity contribution in [3.63, 3.8) is 0 Å². The Kier molecular flexibility index (Phi) is 9.55. The molecule has 0 radical (unpaired) electrons. The normalized spacial score (nSPS) is 20.2. The molecule has 8 heteroatoms. The number of nitrogens with zero attached hydrogens (tertiary/aromatic N) is 4. The average Bonchev–Trinajstić information content (AvgIpc) is 3.63. The molecule has 1 unspecified atom stereocenters. The Labute approximate surface area is 257 Å². The third-order valence-corrected chi connectivity index (χ3v) is 9.69. The molecule has 0 amide bonds. The number of benzene rings is 2. The van der Waals surface area contributed by atoms with E-state index >= 15 is 0 Å². The molecule has 2 N–H and O–H groups in total. The molecule has 1 atom stereocenters. The monoisotopic (exact) mass is 586 g/mol. The molecular formula is C35H50N6O2. The number of likely N-dealkylation sites (N-methyl/N-ethyl adjacent to an activating group) is 1. The van der Waals surface area contributed by atoms with Crippen molar-refractivity contribution in [2.75, 3.05) is 64.1 Å². The third-order valence-electron chi connectivity index (χ3n) is 9.69. The van der Waals surface area contributed by atoms with Gasteiger partial charge in [0.1, 0.15) is 5.82 Å². The molecule has 4 heterocycles. The number of methoxy groups -OCH3 is 1. The van der Waals surface area contributed by atoms with Gasteiger partial charge < -0.3 is 29.9 Å². The largest absolute Gasteiger partial charge is 0.493 e. The van der Waals surface area contributed by atoms with Crippen molar-refractivity contribution in [3.05, 3.63) is 53.6 Å². The number of anilines is 2. The maximum atomic E-state index is 6.35.